The van der Waals surface area contributed by atoms with Gasteiger partial charge in [0.25, 0.3) is 5.56 Å². The van der Waals surface area contributed by atoms with Crippen LogP contribution in [-0.2, 0) is 11.8 Å². The number of urea groups is 1. The van der Waals surface area contributed by atoms with E-state index in [4.69, 9.17) is 4.74 Å². The number of aromatic amines is 1. The highest BCUT2D eigenvalue weighted by atomic mass is 19.1. The van der Waals surface area contributed by atoms with Gasteiger partial charge < -0.3 is 19.6 Å². The minimum absolute atomic E-state index is 0.0923. The SMILES string of the molecule is Cn1cc(-c2cc(N3C(=O)CC(C)(C)NC3=O)ccc2Oc2ccc(F)cc2F)c2cc[nH]c2c1=O. The summed E-state index contributed by atoms with van der Waals surface area (Å²) in [7, 11) is 1.58. The average molecular weight is 492 g/mol. The monoisotopic (exact) mass is 492 g/mol. The standard InChI is InChI=1S/C26H22F2N4O4/c1-26(2)12-22(33)32(25(35)30-26)15-5-7-20(36-21-6-4-14(27)10-19(21)28)17(11-15)18-13-31(3)24(34)23-16(18)8-9-29-23/h4-11,13,29H,12H2,1-3H3,(H,30,35). The van der Waals surface area contributed by atoms with E-state index in [1.165, 1.54) is 22.8 Å². The number of hydrogen-bond acceptors (Lipinski definition) is 4. The maximum atomic E-state index is 14.4. The predicted octanol–water partition coefficient (Wildman–Crippen LogP) is 4.83. The molecule has 184 valence electrons. The lowest BCUT2D eigenvalue weighted by Crippen LogP contribution is -2.59. The average Bonchev–Trinajstić information content (AvgIpc) is 3.28. The van der Waals surface area contributed by atoms with E-state index < -0.39 is 23.2 Å². The topological polar surface area (TPSA) is 96.4 Å². The van der Waals surface area contributed by atoms with Gasteiger partial charge in [-0.2, -0.15) is 0 Å². The van der Waals surface area contributed by atoms with Gasteiger partial charge in [0.05, 0.1) is 12.1 Å². The summed E-state index contributed by atoms with van der Waals surface area (Å²) in [4.78, 5) is 42.3. The number of nitrogens with zero attached hydrogens (tertiary/aromatic N) is 2. The Morgan fingerprint density at radius 1 is 0.972 bits per heavy atom. The third-order valence-electron chi connectivity index (χ3n) is 6.01. The molecule has 5 rings (SSSR count). The molecule has 36 heavy (non-hydrogen) atoms. The molecule has 0 aliphatic carbocycles. The van der Waals surface area contributed by atoms with E-state index in [-0.39, 0.29) is 35.1 Å². The van der Waals surface area contributed by atoms with Crippen molar-refractivity contribution in [2.45, 2.75) is 25.8 Å². The molecule has 0 bridgehead atoms. The Hall–Kier alpha value is -4.47. The zero-order chi connectivity index (χ0) is 25.8. The normalized spacial score (nSPS) is 15.3. The molecule has 2 aromatic heterocycles. The van der Waals surface area contributed by atoms with Gasteiger partial charge in [0.1, 0.15) is 17.1 Å². The van der Waals surface area contributed by atoms with E-state index in [0.717, 1.165) is 11.0 Å². The maximum Gasteiger partial charge on any atom is 0.329 e. The first kappa shape index (κ1) is 23.3. The summed E-state index contributed by atoms with van der Waals surface area (Å²) >= 11 is 0. The van der Waals surface area contributed by atoms with Gasteiger partial charge in [-0.05, 0) is 50.2 Å². The van der Waals surface area contributed by atoms with Crippen molar-refractivity contribution in [2.75, 3.05) is 4.90 Å². The second-order valence-corrected chi connectivity index (χ2v) is 9.30. The van der Waals surface area contributed by atoms with Crippen LogP contribution in [-0.4, -0.2) is 27.0 Å². The van der Waals surface area contributed by atoms with Crippen molar-refractivity contribution in [3.63, 3.8) is 0 Å². The highest BCUT2D eigenvalue weighted by Gasteiger charge is 2.38. The van der Waals surface area contributed by atoms with Crippen molar-refractivity contribution in [2.24, 2.45) is 7.05 Å². The van der Waals surface area contributed by atoms with Crippen LogP contribution in [0.1, 0.15) is 20.3 Å². The molecule has 2 N–H and O–H groups in total. The molecular formula is C26H22F2N4O4. The molecule has 3 amide bonds. The van der Waals surface area contributed by atoms with Gasteiger partial charge in [-0.1, -0.05) is 0 Å². The number of H-pyrrole nitrogens is 1. The molecular weight excluding hydrogens is 470 g/mol. The number of amides is 3. The fraction of sp³-hybridized carbons (Fsp3) is 0.192. The summed E-state index contributed by atoms with van der Waals surface area (Å²) in [6.07, 6.45) is 3.30. The van der Waals surface area contributed by atoms with Crippen molar-refractivity contribution >= 4 is 28.5 Å². The van der Waals surface area contributed by atoms with Crippen LogP contribution < -0.4 is 20.5 Å². The van der Waals surface area contributed by atoms with E-state index in [1.54, 1.807) is 45.4 Å². The fourth-order valence-corrected chi connectivity index (χ4v) is 4.34. The van der Waals surface area contributed by atoms with Crippen LogP contribution in [0.25, 0.3) is 22.0 Å². The molecule has 10 heteroatoms. The Kier molecular flexibility index (Phi) is 5.39. The minimum atomic E-state index is -0.898. The van der Waals surface area contributed by atoms with E-state index in [2.05, 4.69) is 10.3 Å². The van der Waals surface area contributed by atoms with Crippen LogP contribution in [0.3, 0.4) is 0 Å². The highest BCUT2D eigenvalue weighted by Crippen LogP contribution is 2.40. The van der Waals surface area contributed by atoms with Gasteiger partial charge in [-0.15, -0.1) is 0 Å². The Labute approximate surface area is 204 Å². The first-order valence-corrected chi connectivity index (χ1v) is 11.1. The summed E-state index contributed by atoms with van der Waals surface area (Å²) < 4.78 is 35.1. The summed E-state index contributed by atoms with van der Waals surface area (Å²) in [5.41, 5.74) is 0.598. The molecule has 0 saturated carbocycles. The van der Waals surface area contributed by atoms with E-state index >= 15 is 0 Å². The molecule has 1 aliphatic heterocycles. The number of pyridine rings is 1. The zero-order valence-electron chi connectivity index (χ0n) is 19.7. The van der Waals surface area contributed by atoms with Gasteiger partial charge in [-0.3, -0.25) is 9.59 Å². The molecule has 3 heterocycles. The molecule has 4 aromatic rings. The molecule has 0 spiro atoms. The van der Waals surface area contributed by atoms with Gasteiger partial charge in [-0.25, -0.2) is 18.5 Å². The van der Waals surface area contributed by atoms with Gasteiger partial charge >= 0.3 is 6.03 Å². The van der Waals surface area contributed by atoms with E-state index in [1.807, 2.05) is 0 Å². The van der Waals surface area contributed by atoms with Crippen LogP contribution >= 0.6 is 0 Å². The maximum absolute atomic E-state index is 14.4. The number of fused-ring (bicyclic) bond motifs is 1. The van der Waals surface area contributed by atoms with Crippen LogP contribution in [0.15, 0.2) is 59.7 Å². The molecule has 8 nitrogen and oxygen atoms in total. The Morgan fingerprint density at radius 2 is 1.72 bits per heavy atom. The number of carbonyl (C=O) groups is 2. The number of nitrogens with one attached hydrogen (secondary N) is 2. The van der Waals surface area contributed by atoms with Gasteiger partial charge in [0.2, 0.25) is 5.91 Å². The first-order chi connectivity index (χ1) is 17.0. The zero-order valence-corrected chi connectivity index (χ0v) is 19.7. The van der Waals surface area contributed by atoms with Gasteiger partial charge in [0, 0.05) is 47.6 Å². The number of aryl methyl sites for hydroxylation is 1. The molecule has 0 radical (unpaired) electrons. The van der Waals surface area contributed by atoms with Crippen molar-refractivity contribution in [1.29, 1.82) is 0 Å². The smallest absolute Gasteiger partial charge is 0.329 e. The lowest BCUT2D eigenvalue weighted by Gasteiger charge is -2.36. The number of anilines is 1. The van der Waals surface area contributed by atoms with Crippen LogP contribution in [0.5, 0.6) is 11.5 Å². The molecule has 2 aromatic carbocycles. The number of ether oxygens (including phenoxy) is 1. The number of rotatable bonds is 4. The summed E-state index contributed by atoms with van der Waals surface area (Å²) in [6.45, 7) is 3.51. The van der Waals surface area contributed by atoms with Crippen LogP contribution in [0, 0.1) is 11.6 Å². The van der Waals surface area contributed by atoms with Crippen molar-refractivity contribution < 1.29 is 23.1 Å². The lowest BCUT2D eigenvalue weighted by molar-refractivity contribution is -0.119. The molecule has 0 atom stereocenters. The largest absolute Gasteiger partial charge is 0.454 e. The van der Waals surface area contributed by atoms with Crippen molar-refractivity contribution in [1.82, 2.24) is 14.9 Å². The third-order valence-corrected chi connectivity index (χ3v) is 6.01. The summed E-state index contributed by atoms with van der Waals surface area (Å²) in [5.74, 6) is -2.07. The summed E-state index contributed by atoms with van der Waals surface area (Å²) in [5, 5.41) is 3.37. The Morgan fingerprint density at radius 3 is 2.44 bits per heavy atom. The second-order valence-electron chi connectivity index (χ2n) is 9.30. The number of benzene rings is 2. The summed E-state index contributed by atoms with van der Waals surface area (Å²) in [6, 6.07) is 8.65. The van der Waals surface area contributed by atoms with Crippen molar-refractivity contribution in [3.8, 4) is 22.6 Å². The third kappa shape index (κ3) is 4.00. The lowest BCUT2D eigenvalue weighted by atomic mass is 9.96. The molecule has 1 aliphatic rings. The fourth-order valence-electron chi connectivity index (χ4n) is 4.34. The number of aromatic nitrogens is 2. The number of imide groups is 1. The number of halogens is 2. The van der Waals surface area contributed by atoms with Crippen molar-refractivity contribution in [3.05, 3.63) is 76.8 Å². The molecule has 1 fully saturated rings. The van der Waals surface area contributed by atoms with Gasteiger partial charge in [0.15, 0.2) is 11.6 Å². The predicted molar refractivity (Wildman–Crippen MR) is 130 cm³/mol. The minimum Gasteiger partial charge on any atom is -0.454 e. The number of carbonyl (C=O) groups excluding carboxylic acids is 2. The van der Waals surface area contributed by atoms with Crippen LogP contribution in [0.2, 0.25) is 0 Å². The number of hydrogen-bond donors (Lipinski definition) is 2. The Balaban J connectivity index is 1.70. The first-order valence-electron chi connectivity index (χ1n) is 11.1. The van der Waals surface area contributed by atoms with Crippen LogP contribution in [0.4, 0.5) is 19.3 Å². The quantitative estimate of drug-likeness (QED) is 0.427. The highest BCUT2D eigenvalue weighted by molar-refractivity contribution is 6.17. The second kappa shape index (κ2) is 8.33. The molecule has 0 unspecified atom stereocenters. The van der Waals surface area contributed by atoms with E-state index in [9.17, 15) is 23.2 Å². The Bertz CT molecular complexity index is 1590. The van der Waals surface area contributed by atoms with E-state index in [0.29, 0.717) is 28.1 Å². The molecule has 1 saturated heterocycles.